The standard InChI is InChI=1S/C29H22N2O6/c32-29(36-16-21-14-22(31(33)34)13-20-15-35-17-37-28(20)21)26-23-8-4-5-9-25(23)30-27-19(10-11-24(26)27)12-18-6-2-1-3-7-18/h1-9,12-14H,10-11,15-17H2. The lowest BCUT2D eigenvalue weighted by molar-refractivity contribution is -0.385. The Labute approximate surface area is 212 Å². The van der Waals surface area contributed by atoms with Crippen LogP contribution in [0.15, 0.2) is 66.7 Å². The molecule has 8 heteroatoms. The topological polar surface area (TPSA) is 101 Å². The first-order valence-corrected chi connectivity index (χ1v) is 11.9. The molecule has 0 atom stereocenters. The first-order chi connectivity index (χ1) is 18.1. The molecule has 0 saturated carbocycles. The van der Waals surface area contributed by atoms with Gasteiger partial charge in [-0.25, -0.2) is 9.78 Å². The number of benzene rings is 3. The number of ether oxygens (including phenoxy) is 3. The van der Waals surface area contributed by atoms with Crippen molar-refractivity contribution in [3.63, 3.8) is 0 Å². The summed E-state index contributed by atoms with van der Waals surface area (Å²) in [5.41, 5.74) is 5.89. The van der Waals surface area contributed by atoms with E-state index < -0.39 is 10.9 Å². The molecule has 1 aromatic heterocycles. The Hall–Kier alpha value is -4.56. The minimum absolute atomic E-state index is 0.0325. The highest BCUT2D eigenvalue weighted by atomic mass is 16.7. The first kappa shape index (κ1) is 22.9. The molecule has 6 rings (SSSR count). The molecule has 0 radical (unpaired) electrons. The predicted molar refractivity (Wildman–Crippen MR) is 137 cm³/mol. The van der Waals surface area contributed by atoms with Crippen molar-refractivity contribution >= 4 is 34.2 Å². The summed E-state index contributed by atoms with van der Waals surface area (Å²) in [4.78, 5) is 29.4. The lowest BCUT2D eigenvalue weighted by Crippen LogP contribution is -2.15. The van der Waals surface area contributed by atoms with Crippen LogP contribution in [0.5, 0.6) is 5.75 Å². The molecule has 37 heavy (non-hydrogen) atoms. The molecule has 0 N–H and O–H groups in total. The van der Waals surface area contributed by atoms with Crippen LogP contribution in [0.1, 0.15) is 44.7 Å². The molecular formula is C29H22N2O6. The van der Waals surface area contributed by atoms with Gasteiger partial charge in [-0.1, -0.05) is 48.5 Å². The van der Waals surface area contributed by atoms with Crippen molar-refractivity contribution in [2.24, 2.45) is 0 Å². The van der Waals surface area contributed by atoms with E-state index >= 15 is 0 Å². The van der Waals surface area contributed by atoms with E-state index in [1.54, 1.807) is 0 Å². The average Bonchev–Trinajstić information content (AvgIpc) is 3.32. The van der Waals surface area contributed by atoms with Gasteiger partial charge >= 0.3 is 5.97 Å². The number of para-hydroxylation sites is 1. The number of hydrogen-bond donors (Lipinski definition) is 0. The summed E-state index contributed by atoms with van der Waals surface area (Å²) in [6, 6.07) is 20.3. The normalized spacial score (nSPS) is 15.2. The molecule has 0 fully saturated rings. The minimum atomic E-state index is -0.497. The fraction of sp³-hybridized carbons (Fsp3) is 0.172. The highest BCUT2D eigenvalue weighted by Crippen LogP contribution is 2.38. The Morgan fingerprint density at radius 3 is 2.73 bits per heavy atom. The number of carbonyl (C=O) groups excluding carboxylic acids is 1. The number of non-ortho nitro benzene ring substituents is 1. The number of nitro groups is 1. The molecule has 1 aliphatic carbocycles. The average molecular weight is 495 g/mol. The van der Waals surface area contributed by atoms with Gasteiger partial charge in [0.05, 0.1) is 28.3 Å². The number of pyridine rings is 1. The molecular weight excluding hydrogens is 472 g/mol. The number of rotatable bonds is 5. The number of nitro benzene ring substituents is 1. The summed E-state index contributed by atoms with van der Waals surface area (Å²) in [5.74, 6) is -0.0364. The van der Waals surface area contributed by atoms with E-state index in [-0.39, 0.29) is 25.7 Å². The summed E-state index contributed by atoms with van der Waals surface area (Å²) >= 11 is 0. The smallest absolute Gasteiger partial charge is 0.339 e. The molecule has 2 heterocycles. The Morgan fingerprint density at radius 2 is 1.89 bits per heavy atom. The molecule has 0 spiro atoms. The number of nitrogens with zero attached hydrogens (tertiary/aromatic N) is 2. The van der Waals surface area contributed by atoms with Crippen LogP contribution in [-0.2, 0) is 29.1 Å². The monoisotopic (exact) mass is 494 g/mol. The maximum Gasteiger partial charge on any atom is 0.339 e. The van der Waals surface area contributed by atoms with Gasteiger partial charge in [-0.3, -0.25) is 10.1 Å². The van der Waals surface area contributed by atoms with Crippen molar-refractivity contribution in [2.75, 3.05) is 6.79 Å². The molecule has 2 aliphatic rings. The van der Waals surface area contributed by atoms with Crippen molar-refractivity contribution < 1.29 is 23.9 Å². The van der Waals surface area contributed by atoms with Crippen molar-refractivity contribution in [1.29, 1.82) is 0 Å². The third-order valence-electron chi connectivity index (χ3n) is 6.63. The predicted octanol–water partition coefficient (Wildman–Crippen LogP) is 5.85. The van der Waals surface area contributed by atoms with Crippen LogP contribution in [0.3, 0.4) is 0 Å². The number of fused-ring (bicyclic) bond motifs is 3. The maximum atomic E-state index is 13.6. The molecule has 4 aromatic rings. The van der Waals surface area contributed by atoms with Crippen LogP contribution in [0.25, 0.3) is 22.6 Å². The molecule has 1 aliphatic heterocycles. The molecule has 0 saturated heterocycles. The van der Waals surface area contributed by atoms with Gasteiger partial charge < -0.3 is 14.2 Å². The molecule has 184 valence electrons. The summed E-state index contributed by atoms with van der Waals surface area (Å²) in [6.45, 7) is 0.0583. The molecule has 8 nitrogen and oxygen atoms in total. The van der Waals surface area contributed by atoms with Crippen LogP contribution in [0, 0.1) is 10.1 Å². The second-order valence-corrected chi connectivity index (χ2v) is 8.95. The Kier molecular flexibility index (Phi) is 5.86. The fourth-order valence-electron chi connectivity index (χ4n) is 4.97. The van der Waals surface area contributed by atoms with Crippen LogP contribution >= 0.6 is 0 Å². The van der Waals surface area contributed by atoms with Gasteiger partial charge in [0.15, 0.2) is 6.79 Å². The van der Waals surface area contributed by atoms with E-state index in [2.05, 4.69) is 6.08 Å². The molecule has 0 amide bonds. The van der Waals surface area contributed by atoms with E-state index in [0.29, 0.717) is 34.4 Å². The minimum Gasteiger partial charge on any atom is -0.467 e. The van der Waals surface area contributed by atoms with Gasteiger partial charge in [0.25, 0.3) is 5.69 Å². The highest BCUT2D eigenvalue weighted by Gasteiger charge is 2.28. The summed E-state index contributed by atoms with van der Waals surface area (Å²) in [6.07, 6.45) is 3.54. The quantitative estimate of drug-likeness (QED) is 0.195. The largest absolute Gasteiger partial charge is 0.467 e. The number of hydrogen-bond acceptors (Lipinski definition) is 7. The lowest BCUT2D eigenvalue weighted by atomic mass is 10.0. The van der Waals surface area contributed by atoms with Crippen molar-refractivity contribution in [1.82, 2.24) is 4.98 Å². The lowest BCUT2D eigenvalue weighted by Gasteiger charge is -2.20. The zero-order chi connectivity index (χ0) is 25.4. The molecule has 3 aromatic carbocycles. The molecule has 0 bridgehead atoms. The van der Waals surface area contributed by atoms with Gasteiger partial charge in [-0.05, 0) is 41.7 Å². The number of carbonyl (C=O) groups is 1. The van der Waals surface area contributed by atoms with E-state index in [1.807, 2.05) is 54.6 Å². The summed E-state index contributed by atoms with van der Waals surface area (Å²) in [5, 5.41) is 12.2. The zero-order valence-corrected chi connectivity index (χ0v) is 19.8. The Morgan fingerprint density at radius 1 is 1.08 bits per heavy atom. The van der Waals surface area contributed by atoms with Crippen LogP contribution < -0.4 is 4.74 Å². The second-order valence-electron chi connectivity index (χ2n) is 8.95. The summed E-state index contributed by atoms with van der Waals surface area (Å²) < 4.78 is 16.6. The number of esters is 1. The number of allylic oxidation sites excluding steroid dienone is 1. The van der Waals surface area contributed by atoms with Gasteiger partial charge in [0.1, 0.15) is 12.4 Å². The zero-order valence-electron chi connectivity index (χ0n) is 19.8. The third kappa shape index (κ3) is 4.32. The van der Waals surface area contributed by atoms with Crippen LogP contribution in [0.4, 0.5) is 5.69 Å². The van der Waals surface area contributed by atoms with Crippen molar-refractivity contribution in [3.05, 3.63) is 110 Å². The van der Waals surface area contributed by atoms with Crippen molar-refractivity contribution in [2.45, 2.75) is 26.1 Å². The SMILES string of the molecule is O=C(OCc1cc([N+](=O)[O-])cc2c1OCOC2)c1c2c(nc3ccccc13)C(=Cc1ccccc1)CC2. The second kappa shape index (κ2) is 9.48. The summed E-state index contributed by atoms with van der Waals surface area (Å²) in [7, 11) is 0. The Bertz CT molecular complexity index is 1580. The Balaban J connectivity index is 1.37. The third-order valence-corrected chi connectivity index (χ3v) is 6.63. The van der Waals surface area contributed by atoms with Crippen LogP contribution in [0.2, 0.25) is 0 Å². The van der Waals surface area contributed by atoms with Gasteiger partial charge in [0, 0.05) is 28.6 Å². The highest BCUT2D eigenvalue weighted by molar-refractivity contribution is 6.07. The van der Waals surface area contributed by atoms with E-state index in [0.717, 1.165) is 34.2 Å². The van der Waals surface area contributed by atoms with E-state index in [9.17, 15) is 14.9 Å². The fourth-order valence-corrected chi connectivity index (χ4v) is 4.97. The first-order valence-electron chi connectivity index (χ1n) is 11.9. The van der Waals surface area contributed by atoms with Gasteiger partial charge in [-0.2, -0.15) is 0 Å². The van der Waals surface area contributed by atoms with Gasteiger partial charge in [-0.15, -0.1) is 0 Å². The number of aromatic nitrogens is 1. The maximum absolute atomic E-state index is 13.6. The molecule has 0 unspecified atom stereocenters. The van der Waals surface area contributed by atoms with Crippen LogP contribution in [-0.4, -0.2) is 22.7 Å². The van der Waals surface area contributed by atoms with Gasteiger partial charge in [0.2, 0.25) is 0 Å². The van der Waals surface area contributed by atoms with E-state index in [1.165, 1.54) is 12.1 Å². The van der Waals surface area contributed by atoms with Crippen molar-refractivity contribution in [3.8, 4) is 5.75 Å². The van der Waals surface area contributed by atoms with E-state index in [4.69, 9.17) is 19.2 Å².